The molecule has 0 radical (unpaired) electrons. The summed E-state index contributed by atoms with van der Waals surface area (Å²) in [6.07, 6.45) is -1.20. The third kappa shape index (κ3) is 2.99. The van der Waals surface area contributed by atoms with Crippen LogP contribution in [0.4, 0.5) is 18.9 Å². The standard InChI is InChI=1S/C15H16F3NO2/c16-15(17,18)21-14-7-2-1-6-13(14)19-10-4-3-5-11(19)9-12(20)8-10/h1-2,6-7,10-11H,3-5,8-9H2. The molecular formula is C15H16F3NO2. The van der Waals surface area contributed by atoms with Gasteiger partial charge in [0.15, 0.2) is 5.75 Å². The highest BCUT2D eigenvalue weighted by Crippen LogP contribution is 2.41. The summed E-state index contributed by atoms with van der Waals surface area (Å²) in [5.41, 5.74) is 0.442. The number of alkyl halides is 3. The topological polar surface area (TPSA) is 29.5 Å². The molecule has 2 aliphatic rings. The predicted octanol–water partition coefficient (Wildman–Crippen LogP) is 3.68. The molecule has 114 valence electrons. The van der Waals surface area contributed by atoms with E-state index in [9.17, 15) is 18.0 Å². The van der Waals surface area contributed by atoms with Crippen molar-refractivity contribution in [3.8, 4) is 5.75 Å². The Morgan fingerprint density at radius 2 is 1.71 bits per heavy atom. The Hall–Kier alpha value is -1.72. The summed E-state index contributed by atoms with van der Waals surface area (Å²) in [5, 5.41) is 0. The molecule has 0 aliphatic carbocycles. The van der Waals surface area contributed by atoms with Crippen molar-refractivity contribution in [3.63, 3.8) is 0 Å². The van der Waals surface area contributed by atoms with Gasteiger partial charge in [-0.15, -0.1) is 13.2 Å². The molecule has 2 saturated heterocycles. The second-order valence-electron chi connectivity index (χ2n) is 5.61. The van der Waals surface area contributed by atoms with Crippen LogP contribution in [0.2, 0.25) is 0 Å². The maximum absolute atomic E-state index is 12.5. The zero-order valence-corrected chi connectivity index (χ0v) is 11.4. The van der Waals surface area contributed by atoms with Crippen LogP contribution in [0.5, 0.6) is 5.75 Å². The molecule has 0 aromatic heterocycles. The van der Waals surface area contributed by atoms with Crippen molar-refractivity contribution < 1.29 is 22.7 Å². The molecule has 1 aromatic carbocycles. The molecule has 0 spiro atoms. The third-order valence-electron chi connectivity index (χ3n) is 4.16. The van der Waals surface area contributed by atoms with Gasteiger partial charge >= 0.3 is 6.36 Å². The average molecular weight is 299 g/mol. The molecule has 0 saturated carbocycles. The molecular weight excluding hydrogens is 283 g/mol. The first-order valence-electron chi connectivity index (χ1n) is 7.09. The Morgan fingerprint density at radius 3 is 2.33 bits per heavy atom. The number of hydrogen-bond acceptors (Lipinski definition) is 3. The molecule has 6 heteroatoms. The number of ketones is 1. The van der Waals surface area contributed by atoms with Gasteiger partial charge < -0.3 is 9.64 Å². The van der Waals surface area contributed by atoms with Gasteiger partial charge in [0.2, 0.25) is 0 Å². The first-order chi connectivity index (χ1) is 9.94. The van der Waals surface area contributed by atoms with Gasteiger partial charge in [0, 0.05) is 24.9 Å². The summed E-state index contributed by atoms with van der Waals surface area (Å²) in [6.45, 7) is 0. The Labute approximate surface area is 120 Å². The summed E-state index contributed by atoms with van der Waals surface area (Å²) in [5.74, 6) is 0.0198. The van der Waals surface area contributed by atoms with Crippen LogP contribution < -0.4 is 9.64 Å². The van der Waals surface area contributed by atoms with E-state index in [4.69, 9.17) is 0 Å². The number of nitrogens with zero attached hydrogens (tertiary/aromatic N) is 1. The Bertz CT molecular complexity index is 528. The lowest BCUT2D eigenvalue weighted by atomic mass is 9.83. The van der Waals surface area contributed by atoms with Crippen molar-refractivity contribution in [3.05, 3.63) is 24.3 Å². The first-order valence-corrected chi connectivity index (χ1v) is 7.09. The van der Waals surface area contributed by atoms with Crippen molar-refractivity contribution in [1.82, 2.24) is 0 Å². The number of piperidine rings is 2. The average Bonchev–Trinajstić information content (AvgIpc) is 2.37. The molecule has 3 nitrogen and oxygen atoms in total. The molecule has 2 heterocycles. The van der Waals surface area contributed by atoms with Crippen molar-refractivity contribution >= 4 is 11.5 Å². The van der Waals surface area contributed by atoms with Gasteiger partial charge in [-0.2, -0.15) is 0 Å². The normalized spacial score (nSPS) is 25.9. The second kappa shape index (κ2) is 5.24. The van der Waals surface area contributed by atoms with Crippen molar-refractivity contribution in [2.75, 3.05) is 4.90 Å². The minimum absolute atomic E-state index is 0.0111. The molecule has 3 rings (SSSR count). The quantitative estimate of drug-likeness (QED) is 0.834. The monoisotopic (exact) mass is 299 g/mol. The second-order valence-corrected chi connectivity index (χ2v) is 5.61. The summed E-state index contributed by atoms with van der Waals surface area (Å²) < 4.78 is 41.8. The molecule has 2 fully saturated rings. The number of ether oxygens (including phenoxy) is 1. The van der Waals surface area contributed by atoms with Crippen LogP contribution in [0.25, 0.3) is 0 Å². The number of rotatable bonds is 2. The zero-order valence-electron chi connectivity index (χ0n) is 11.4. The van der Waals surface area contributed by atoms with Gasteiger partial charge in [0.1, 0.15) is 5.78 Å². The van der Waals surface area contributed by atoms with E-state index in [-0.39, 0.29) is 23.6 Å². The number of benzene rings is 1. The molecule has 2 bridgehead atoms. The maximum atomic E-state index is 12.5. The fourth-order valence-corrected chi connectivity index (χ4v) is 3.45. The van der Waals surface area contributed by atoms with E-state index >= 15 is 0 Å². The fraction of sp³-hybridized carbons (Fsp3) is 0.533. The summed E-state index contributed by atoms with van der Waals surface area (Å²) in [4.78, 5) is 13.7. The van der Waals surface area contributed by atoms with Gasteiger partial charge in [-0.1, -0.05) is 12.1 Å². The highest BCUT2D eigenvalue weighted by molar-refractivity contribution is 5.83. The molecule has 0 amide bonds. The van der Waals surface area contributed by atoms with Gasteiger partial charge in [0.25, 0.3) is 0 Å². The minimum atomic E-state index is -4.71. The summed E-state index contributed by atoms with van der Waals surface area (Å²) in [7, 11) is 0. The van der Waals surface area contributed by atoms with Crippen molar-refractivity contribution in [2.24, 2.45) is 0 Å². The van der Waals surface area contributed by atoms with Crippen LogP contribution in [-0.2, 0) is 4.79 Å². The van der Waals surface area contributed by atoms with E-state index in [1.54, 1.807) is 12.1 Å². The van der Waals surface area contributed by atoms with Gasteiger partial charge in [-0.25, -0.2) is 0 Å². The van der Waals surface area contributed by atoms with Crippen molar-refractivity contribution in [2.45, 2.75) is 50.6 Å². The molecule has 1 aromatic rings. The van der Waals surface area contributed by atoms with E-state index in [2.05, 4.69) is 4.74 Å². The largest absolute Gasteiger partial charge is 0.573 e. The SMILES string of the molecule is O=C1CC2CCCC(C1)N2c1ccccc1OC(F)(F)F. The highest BCUT2D eigenvalue weighted by atomic mass is 19.4. The van der Waals surface area contributed by atoms with E-state index < -0.39 is 6.36 Å². The van der Waals surface area contributed by atoms with E-state index in [1.807, 2.05) is 4.90 Å². The Balaban J connectivity index is 1.94. The van der Waals surface area contributed by atoms with E-state index in [0.717, 1.165) is 19.3 Å². The molecule has 21 heavy (non-hydrogen) atoms. The van der Waals surface area contributed by atoms with Crippen LogP contribution in [-0.4, -0.2) is 24.2 Å². The zero-order chi connectivity index (χ0) is 15.0. The highest BCUT2D eigenvalue weighted by Gasteiger charge is 2.40. The number of Topliss-reactive ketones (excluding diaryl/α,β-unsaturated/α-hetero) is 1. The molecule has 2 atom stereocenters. The third-order valence-corrected chi connectivity index (χ3v) is 4.16. The number of para-hydroxylation sites is 2. The van der Waals surface area contributed by atoms with Gasteiger partial charge in [-0.3, -0.25) is 4.79 Å². The number of carbonyl (C=O) groups is 1. The summed E-state index contributed by atoms with van der Waals surface area (Å²) >= 11 is 0. The molecule has 2 unspecified atom stereocenters. The minimum Gasteiger partial charge on any atom is -0.404 e. The van der Waals surface area contributed by atoms with Crippen LogP contribution in [0.3, 0.4) is 0 Å². The lowest BCUT2D eigenvalue weighted by Crippen LogP contribution is -2.52. The lowest BCUT2D eigenvalue weighted by molar-refractivity contribution is -0.274. The number of hydrogen-bond donors (Lipinski definition) is 0. The maximum Gasteiger partial charge on any atom is 0.573 e. The van der Waals surface area contributed by atoms with Crippen LogP contribution in [0, 0.1) is 0 Å². The smallest absolute Gasteiger partial charge is 0.404 e. The molecule has 2 aliphatic heterocycles. The number of fused-ring (bicyclic) bond motifs is 2. The lowest BCUT2D eigenvalue weighted by Gasteiger charge is -2.47. The predicted molar refractivity (Wildman–Crippen MR) is 71.3 cm³/mol. The first kappa shape index (κ1) is 14.2. The number of anilines is 1. The number of halogens is 3. The Morgan fingerprint density at radius 1 is 1.10 bits per heavy atom. The van der Waals surface area contributed by atoms with Crippen molar-refractivity contribution in [1.29, 1.82) is 0 Å². The van der Waals surface area contributed by atoms with Gasteiger partial charge in [-0.05, 0) is 31.4 Å². The van der Waals surface area contributed by atoms with Gasteiger partial charge in [0.05, 0.1) is 5.69 Å². The Kier molecular flexibility index (Phi) is 3.55. The van der Waals surface area contributed by atoms with Crippen LogP contribution in [0.1, 0.15) is 32.1 Å². The fourth-order valence-electron chi connectivity index (χ4n) is 3.45. The summed E-state index contributed by atoms with van der Waals surface area (Å²) in [6, 6.07) is 6.17. The van der Waals surface area contributed by atoms with Crippen LogP contribution >= 0.6 is 0 Å². The van der Waals surface area contributed by atoms with E-state index in [1.165, 1.54) is 12.1 Å². The van der Waals surface area contributed by atoms with Crippen LogP contribution in [0.15, 0.2) is 24.3 Å². The van der Waals surface area contributed by atoms with E-state index in [0.29, 0.717) is 18.5 Å². The number of carbonyl (C=O) groups excluding carboxylic acids is 1. The molecule has 0 N–H and O–H groups in total.